The number of rotatable bonds is 6. The van der Waals surface area contributed by atoms with Crippen molar-refractivity contribution < 1.29 is 4.74 Å². The minimum absolute atomic E-state index is 0.588. The van der Waals surface area contributed by atoms with E-state index < -0.39 is 5.41 Å². The largest absolute Gasteiger partial charge is 0.453 e. The van der Waals surface area contributed by atoms with Crippen molar-refractivity contribution >= 4 is 34.1 Å². The van der Waals surface area contributed by atoms with Crippen LogP contribution in [-0.4, -0.2) is 0 Å². The number of aryl methyl sites for hydroxylation is 4. The first-order chi connectivity index (χ1) is 32.2. The summed E-state index contributed by atoms with van der Waals surface area (Å²) < 4.78 is 6.68. The molecule has 0 amide bonds. The standard InChI is InChI=1S/C61H44N4O/c1-39-15-27-53-51(31-39)61(47-11-7-5-8-12-47,48-13-9-6-10-14-48)52-32-40(2)16-28-54(52)64(53)55-36-56(65-57-33-41(3)17-29-59(57)66-60-30-18-42(4)34-58(60)65)50(46-25-21-44(38-63)22-26-46)35-49(55)45-23-19-43(37-62)20-24-45/h5-36H,1-4H3. The minimum atomic E-state index is -0.668. The summed E-state index contributed by atoms with van der Waals surface area (Å²) in [6, 6.07) is 73.4. The number of ether oxygens (including phenoxy) is 1. The molecule has 0 saturated heterocycles. The third kappa shape index (κ3) is 6.44. The summed E-state index contributed by atoms with van der Waals surface area (Å²) >= 11 is 0. The Labute approximate surface area is 386 Å². The molecule has 0 fully saturated rings. The molecule has 66 heavy (non-hydrogen) atoms. The quantitative estimate of drug-likeness (QED) is 0.167. The molecule has 0 unspecified atom stereocenters. The topological polar surface area (TPSA) is 63.3 Å². The fourth-order valence-corrected chi connectivity index (χ4v) is 10.1. The third-order valence-electron chi connectivity index (χ3n) is 13.2. The molecule has 9 aromatic rings. The van der Waals surface area contributed by atoms with Crippen LogP contribution in [0, 0.1) is 50.4 Å². The summed E-state index contributed by atoms with van der Waals surface area (Å²) in [7, 11) is 0. The molecule has 0 atom stereocenters. The summed E-state index contributed by atoms with van der Waals surface area (Å²) in [5, 5.41) is 19.9. The van der Waals surface area contributed by atoms with Crippen LogP contribution in [-0.2, 0) is 5.41 Å². The number of anilines is 6. The number of nitrogens with zero attached hydrogens (tertiary/aromatic N) is 4. The average Bonchev–Trinajstić information content (AvgIpc) is 3.35. The van der Waals surface area contributed by atoms with Gasteiger partial charge in [0.25, 0.3) is 0 Å². The fourth-order valence-electron chi connectivity index (χ4n) is 10.1. The highest BCUT2D eigenvalue weighted by Crippen LogP contribution is 2.61. The molecule has 0 radical (unpaired) electrons. The lowest BCUT2D eigenvalue weighted by Gasteiger charge is -2.47. The van der Waals surface area contributed by atoms with Gasteiger partial charge < -0.3 is 14.5 Å². The summed E-state index contributed by atoms with van der Waals surface area (Å²) in [5.41, 5.74) is 19.5. The molecule has 0 bridgehead atoms. The van der Waals surface area contributed by atoms with Gasteiger partial charge in [0.15, 0.2) is 11.5 Å². The van der Waals surface area contributed by atoms with Crippen LogP contribution < -0.4 is 14.5 Å². The second kappa shape index (κ2) is 15.9. The van der Waals surface area contributed by atoms with Crippen LogP contribution >= 0.6 is 0 Å². The molecule has 0 aromatic heterocycles. The van der Waals surface area contributed by atoms with Crippen molar-refractivity contribution in [3.05, 3.63) is 250 Å². The van der Waals surface area contributed by atoms with Crippen LogP contribution in [0.4, 0.5) is 34.1 Å². The van der Waals surface area contributed by atoms with E-state index in [0.717, 1.165) is 90.1 Å². The lowest BCUT2D eigenvalue weighted by atomic mass is 9.62. The van der Waals surface area contributed by atoms with Gasteiger partial charge in [0.05, 0.1) is 62.8 Å². The maximum absolute atomic E-state index is 9.98. The Kier molecular flexibility index (Phi) is 9.65. The molecular formula is C61H44N4O. The lowest BCUT2D eigenvalue weighted by molar-refractivity contribution is 0.476. The molecule has 11 rings (SSSR count). The first-order valence-electron chi connectivity index (χ1n) is 22.3. The maximum atomic E-state index is 9.98. The Hall–Kier alpha value is -8.64. The van der Waals surface area contributed by atoms with Crippen LogP contribution in [0.3, 0.4) is 0 Å². The van der Waals surface area contributed by atoms with E-state index in [2.05, 4.69) is 207 Å². The third-order valence-corrected chi connectivity index (χ3v) is 13.2. The normalized spacial score (nSPS) is 13.0. The van der Waals surface area contributed by atoms with Gasteiger partial charge >= 0.3 is 0 Å². The molecule has 5 heteroatoms. The van der Waals surface area contributed by atoms with E-state index in [9.17, 15) is 10.5 Å². The second-order valence-corrected chi connectivity index (χ2v) is 17.5. The zero-order chi connectivity index (χ0) is 45.1. The summed E-state index contributed by atoms with van der Waals surface area (Å²) in [4.78, 5) is 4.81. The Morgan fingerprint density at radius 3 is 1.20 bits per heavy atom. The van der Waals surface area contributed by atoms with Gasteiger partial charge in [-0.2, -0.15) is 10.5 Å². The average molecular weight is 849 g/mol. The van der Waals surface area contributed by atoms with Crippen molar-refractivity contribution in [3.63, 3.8) is 0 Å². The highest BCUT2D eigenvalue weighted by Gasteiger charge is 2.47. The number of benzene rings is 9. The Morgan fingerprint density at radius 2 is 0.773 bits per heavy atom. The van der Waals surface area contributed by atoms with Crippen molar-refractivity contribution in [2.24, 2.45) is 0 Å². The Balaban J connectivity index is 1.30. The van der Waals surface area contributed by atoms with Gasteiger partial charge in [0, 0.05) is 11.1 Å². The minimum Gasteiger partial charge on any atom is -0.453 e. The molecule has 0 N–H and O–H groups in total. The highest BCUT2D eigenvalue weighted by molar-refractivity contribution is 6.02. The van der Waals surface area contributed by atoms with Gasteiger partial charge in [-0.15, -0.1) is 0 Å². The lowest BCUT2D eigenvalue weighted by Crippen LogP contribution is -2.38. The second-order valence-electron chi connectivity index (χ2n) is 17.5. The highest BCUT2D eigenvalue weighted by atomic mass is 16.5. The molecule has 2 heterocycles. The fraction of sp³-hybridized carbons (Fsp3) is 0.0820. The first-order valence-corrected chi connectivity index (χ1v) is 22.3. The van der Waals surface area contributed by atoms with Crippen LogP contribution in [0.5, 0.6) is 11.5 Å². The molecule has 2 aliphatic rings. The molecule has 9 aromatic carbocycles. The van der Waals surface area contributed by atoms with E-state index >= 15 is 0 Å². The van der Waals surface area contributed by atoms with Gasteiger partial charge in [-0.1, -0.05) is 132 Å². The molecule has 5 nitrogen and oxygen atoms in total. The van der Waals surface area contributed by atoms with E-state index in [1.165, 1.54) is 22.3 Å². The molecule has 0 saturated carbocycles. The number of nitriles is 2. The van der Waals surface area contributed by atoms with Gasteiger partial charge in [-0.05, 0) is 145 Å². The van der Waals surface area contributed by atoms with E-state index in [1.54, 1.807) is 0 Å². The van der Waals surface area contributed by atoms with E-state index in [1.807, 2.05) is 36.4 Å². The zero-order valence-electron chi connectivity index (χ0n) is 37.2. The smallest absolute Gasteiger partial charge is 0.151 e. The maximum Gasteiger partial charge on any atom is 0.151 e. The first kappa shape index (κ1) is 40.2. The molecule has 0 spiro atoms. The van der Waals surface area contributed by atoms with Crippen LogP contribution in [0.2, 0.25) is 0 Å². The SMILES string of the molecule is Cc1ccc2c(c1)N(c1cc(N3c4ccc(C)cc4C(c4ccccc4)(c4ccccc4)c4cc(C)ccc43)c(-c3ccc(C#N)cc3)cc1-c1ccc(C#N)cc1)c1cc(C)ccc1O2. The van der Waals surface area contributed by atoms with E-state index in [-0.39, 0.29) is 0 Å². The van der Waals surface area contributed by atoms with Crippen LogP contribution in [0.1, 0.15) is 55.6 Å². The van der Waals surface area contributed by atoms with Crippen LogP contribution in [0.15, 0.2) is 194 Å². The molecular weight excluding hydrogens is 805 g/mol. The molecule has 314 valence electrons. The van der Waals surface area contributed by atoms with E-state index in [4.69, 9.17) is 4.74 Å². The van der Waals surface area contributed by atoms with Crippen molar-refractivity contribution in [2.45, 2.75) is 33.1 Å². The van der Waals surface area contributed by atoms with Crippen molar-refractivity contribution in [1.82, 2.24) is 0 Å². The summed E-state index contributed by atoms with van der Waals surface area (Å²) in [6.45, 7) is 8.59. The summed E-state index contributed by atoms with van der Waals surface area (Å²) in [6.07, 6.45) is 0. The zero-order valence-corrected chi connectivity index (χ0v) is 37.2. The monoisotopic (exact) mass is 848 g/mol. The number of fused-ring (bicyclic) bond motifs is 4. The number of hydrogen-bond donors (Lipinski definition) is 0. The van der Waals surface area contributed by atoms with Gasteiger partial charge in [0.2, 0.25) is 0 Å². The summed E-state index contributed by atoms with van der Waals surface area (Å²) in [5.74, 6) is 1.52. The predicted octanol–water partition coefficient (Wildman–Crippen LogP) is 15.7. The predicted molar refractivity (Wildman–Crippen MR) is 267 cm³/mol. The van der Waals surface area contributed by atoms with Crippen molar-refractivity contribution in [3.8, 4) is 45.9 Å². The molecule has 0 aliphatic carbocycles. The van der Waals surface area contributed by atoms with Gasteiger partial charge in [-0.3, -0.25) is 0 Å². The van der Waals surface area contributed by atoms with Gasteiger partial charge in [-0.25, -0.2) is 0 Å². The Morgan fingerprint density at radius 1 is 0.379 bits per heavy atom. The van der Waals surface area contributed by atoms with Crippen LogP contribution in [0.25, 0.3) is 22.3 Å². The van der Waals surface area contributed by atoms with E-state index in [0.29, 0.717) is 11.1 Å². The Bertz CT molecular complexity index is 3310. The van der Waals surface area contributed by atoms with Crippen molar-refractivity contribution in [1.29, 1.82) is 10.5 Å². The number of hydrogen-bond acceptors (Lipinski definition) is 5. The molecule has 2 aliphatic heterocycles. The van der Waals surface area contributed by atoms with Crippen molar-refractivity contribution in [2.75, 3.05) is 9.80 Å². The van der Waals surface area contributed by atoms with Gasteiger partial charge in [0.1, 0.15) is 0 Å².